The first-order chi connectivity index (χ1) is 7.34. The predicted octanol–water partition coefficient (Wildman–Crippen LogP) is 1.19. The van der Waals surface area contributed by atoms with E-state index in [2.05, 4.69) is 34.3 Å². The van der Waals surface area contributed by atoms with Crippen LogP contribution in [0.3, 0.4) is 0 Å². The van der Waals surface area contributed by atoms with Crippen LogP contribution in [0.15, 0.2) is 18.3 Å². The number of nitrogens with zero attached hydrogens (tertiary/aromatic N) is 2. The Hall–Kier alpha value is -0.930. The van der Waals surface area contributed by atoms with E-state index in [9.17, 15) is 0 Å². The van der Waals surface area contributed by atoms with Gasteiger partial charge in [0, 0.05) is 25.8 Å². The molecular formula is C12H19N3. The SMILES string of the molecule is Cc1ccc(CN2CCCNCC2)nc1. The summed E-state index contributed by atoms with van der Waals surface area (Å²) in [7, 11) is 0. The van der Waals surface area contributed by atoms with E-state index in [0.717, 1.165) is 26.2 Å². The first-order valence-electron chi connectivity index (χ1n) is 5.69. The van der Waals surface area contributed by atoms with E-state index in [1.54, 1.807) is 0 Å². The lowest BCUT2D eigenvalue weighted by atomic mass is 10.2. The van der Waals surface area contributed by atoms with Crippen LogP contribution in [0.4, 0.5) is 0 Å². The Kier molecular flexibility index (Phi) is 3.69. The van der Waals surface area contributed by atoms with E-state index < -0.39 is 0 Å². The average molecular weight is 205 g/mol. The first-order valence-corrected chi connectivity index (χ1v) is 5.69. The predicted molar refractivity (Wildman–Crippen MR) is 61.7 cm³/mol. The number of aryl methyl sites for hydroxylation is 1. The Morgan fingerprint density at radius 2 is 2.27 bits per heavy atom. The van der Waals surface area contributed by atoms with Gasteiger partial charge in [-0.3, -0.25) is 9.88 Å². The third-order valence-electron chi connectivity index (χ3n) is 2.79. The Bertz CT molecular complexity index is 286. The Morgan fingerprint density at radius 1 is 1.33 bits per heavy atom. The van der Waals surface area contributed by atoms with E-state index >= 15 is 0 Å². The van der Waals surface area contributed by atoms with E-state index in [0.29, 0.717) is 0 Å². The van der Waals surface area contributed by atoms with Crippen molar-refractivity contribution in [1.82, 2.24) is 15.2 Å². The number of hydrogen-bond acceptors (Lipinski definition) is 3. The molecule has 0 spiro atoms. The van der Waals surface area contributed by atoms with Gasteiger partial charge in [-0.1, -0.05) is 6.07 Å². The van der Waals surface area contributed by atoms with Crippen LogP contribution < -0.4 is 5.32 Å². The molecular weight excluding hydrogens is 186 g/mol. The third-order valence-corrected chi connectivity index (χ3v) is 2.79. The van der Waals surface area contributed by atoms with Gasteiger partial charge in [0.25, 0.3) is 0 Å². The summed E-state index contributed by atoms with van der Waals surface area (Å²) in [5.41, 5.74) is 2.42. The molecule has 15 heavy (non-hydrogen) atoms. The summed E-state index contributed by atoms with van der Waals surface area (Å²) in [6, 6.07) is 4.27. The monoisotopic (exact) mass is 205 g/mol. The van der Waals surface area contributed by atoms with Crippen LogP contribution >= 0.6 is 0 Å². The maximum Gasteiger partial charge on any atom is 0.0544 e. The fraction of sp³-hybridized carbons (Fsp3) is 0.583. The number of aromatic nitrogens is 1. The number of rotatable bonds is 2. The van der Waals surface area contributed by atoms with E-state index in [1.165, 1.54) is 24.2 Å². The molecule has 1 aromatic rings. The van der Waals surface area contributed by atoms with Crippen molar-refractivity contribution < 1.29 is 0 Å². The molecule has 1 aliphatic heterocycles. The lowest BCUT2D eigenvalue weighted by Gasteiger charge is -2.18. The molecule has 0 atom stereocenters. The van der Waals surface area contributed by atoms with Gasteiger partial charge in [-0.2, -0.15) is 0 Å². The van der Waals surface area contributed by atoms with Crippen molar-refractivity contribution in [1.29, 1.82) is 0 Å². The van der Waals surface area contributed by atoms with Gasteiger partial charge in [-0.05, 0) is 38.1 Å². The third kappa shape index (κ3) is 3.29. The lowest BCUT2D eigenvalue weighted by molar-refractivity contribution is 0.281. The minimum absolute atomic E-state index is 0.988. The molecule has 1 saturated heterocycles. The van der Waals surface area contributed by atoms with Crippen LogP contribution in [0, 0.1) is 6.92 Å². The van der Waals surface area contributed by atoms with Crippen molar-refractivity contribution in [2.45, 2.75) is 19.9 Å². The van der Waals surface area contributed by atoms with Crippen molar-refractivity contribution in [2.75, 3.05) is 26.2 Å². The van der Waals surface area contributed by atoms with Crippen LogP contribution in [0.2, 0.25) is 0 Å². The molecule has 0 bridgehead atoms. The van der Waals surface area contributed by atoms with Gasteiger partial charge in [-0.25, -0.2) is 0 Å². The molecule has 0 saturated carbocycles. The molecule has 1 aromatic heterocycles. The van der Waals surface area contributed by atoms with E-state index in [-0.39, 0.29) is 0 Å². The summed E-state index contributed by atoms with van der Waals surface area (Å²) >= 11 is 0. The summed E-state index contributed by atoms with van der Waals surface area (Å²) in [5.74, 6) is 0. The molecule has 3 nitrogen and oxygen atoms in total. The summed E-state index contributed by atoms with van der Waals surface area (Å²) < 4.78 is 0. The number of nitrogens with one attached hydrogen (secondary N) is 1. The van der Waals surface area contributed by atoms with E-state index in [1.807, 2.05) is 6.20 Å². The fourth-order valence-electron chi connectivity index (χ4n) is 1.88. The summed E-state index contributed by atoms with van der Waals surface area (Å²) in [4.78, 5) is 6.91. The van der Waals surface area contributed by atoms with Gasteiger partial charge in [0.1, 0.15) is 0 Å². The second kappa shape index (κ2) is 5.24. The van der Waals surface area contributed by atoms with Crippen LogP contribution in [0.1, 0.15) is 17.7 Å². The van der Waals surface area contributed by atoms with Gasteiger partial charge in [-0.15, -0.1) is 0 Å². The van der Waals surface area contributed by atoms with Gasteiger partial charge in [0.05, 0.1) is 5.69 Å². The highest BCUT2D eigenvalue weighted by Crippen LogP contribution is 2.04. The average Bonchev–Trinajstić information content (AvgIpc) is 2.50. The molecule has 82 valence electrons. The maximum atomic E-state index is 4.44. The zero-order valence-corrected chi connectivity index (χ0v) is 9.37. The fourth-order valence-corrected chi connectivity index (χ4v) is 1.88. The van der Waals surface area contributed by atoms with E-state index in [4.69, 9.17) is 0 Å². The molecule has 1 aliphatic rings. The normalized spacial score (nSPS) is 18.7. The highest BCUT2D eigenvalue weighted by atomic mass is 15.2. The molecule has 0 unspecified atom stereocenters. The minimum atomic E-state index is 0.988. The molecule has 0 aromatic carbocycles. The van der Waals surface area contributed by atoms with Gasteiger partial charge in [0.2, 0.25) is 0 Å². The molecule has 0 amide bonds. The molecule has 0 aliphatic carbocycles. The second-order valence-electron chi connectivity index (χ2n) is 4.21. The standard InChI is InChI=1S/C12H19N3/c1-11-3-4-12(14-9-11)10-15-7-2-5-13-6-8-15/h3-4,9,13H,2,5-8,10H2,1H3. The molecule has 0 radical (unpaired) electrons. The molecule has 1 N–H and O–H groups in total. The van der Waals surface area contributed by atoms with Crippen molar-refractivity contribution in [3.8, 4) is 0 Å². The molecule has 1 fully saturated rings. The zero-order chi connectivity index (χ0) is 10.5. The van der Waals surface area contributed by atoms with Crippen molar-refractivity contribution >= 4 is 0 Å². The second-order valence-corrected chi connectivity index (χ2v) is 4.21. The molecule has 2 heterocycles. The van der Waals surface area contributed by atoms with Crippen molar-refractivity contribution in [3.05, 3.63) is 29.6 Å². The van der Waals surface area contributed by atoms with Crippen molar-refractivity contribution in [2.24, 2.45) is 0 Å². The summed E-state index contributed by atoms with van der Waals surface area (Å²) in [6.07, 6.45) is 3.19. The van der Waals surface area contributed by atoms with Gasteiger partial charge in [0.15, 0.2) is 0 Å². The van der Waals surface area contributed by atoms with Crippen LogP contribution in [-0.2, 0) is 6.54 Å². The smallest absolute Gasteiger partial charge is 0.0544 e. The molecule has 2 rings (SSSR count). The highest BCUT2D eigenvalue weighted by Gasteiger charge is 2.08. The first kappa shape index (κ1) is 10.6. The Balaban J connectivity index is 1.92. The number of hydrogen-bond donors (Lipinski definition) is 1. The molecule has 3 heteroatoms. The highest BCUT2D eigenvalue weighted by molar-refractivity contribution is 5.12. The quantitative estimate of drug-likeness (QED) is 0.786. The Morgan fingerprint density at radius 3 is 3.07 bits per heavy atom. The van der Waals surface area contributed by atoms with Crippen LogP contribution in [0.25, 0.3) is 0 Å². The maximum absolute atomic E-state index is 4.44. The van der Waals surface area contributed by atoms with Crippen LogP contribution in [0.5, 0.6) is 0 Å². The minimum Gasteiger partial charge on any atom is -0.315 e. The summed E-state index contributed by atoms with van der Waals surface area (Å²) in [5, 5.41) is 3.41. The van der Waals surface area contributed by atoms with Gasteiger partial charge >= 0.3 is 0 Å². The Labute approximate surface area is 91.5 Å². The summed E-state index contributed by atoms with van der Waals surface area (Å²) in [6.45, 7) is 7.64. The van der Waals surface area contributed by atoms with Crippen molar-refractivity contribution in [3.63, 3.8) is 0 Å². The topological polar surface area (TPSA) is 28.2 Å². The van der Waals surface area contributed by atoms with Crippen LogP contribution in [-0.4, -0.2) is 36.1 Å². The lowest BCUT2D eigenvalue weighted by Crippen LogP contribution is -2.27. The zero-order valence-electron chi connectivity index (χ0n) is 9.37. The van der Waals surface area contributed by atoms with Gasteiger partial charge < -0.3 is 5.32 Å². The largest absolute Gasteiger partial charge is 0.315 e. The number of pyridine rings is 1.